The average molecular weight is 336 g/mol. The fourth-order valence-corrected chi connectivity index (χ4v) is 2.15. The number of hydrogen-bond donors (Lipinski definition) is 1. The number of para-hydroxylation sites is 1. The van der Waals surface area contributed by atoms with Crippen LogP contribution in [0.3, 0.4) is 0 Å². The van der Waals surface area contributed by atoms with E-state index in [0.29, 0.717) is 0 Å². The lowest BCUT2D eigenvalue weighted by molar-refractivity contribution is -0.142. The highest BCUT2D eigenvalue weighted by Gasteiger charge is 2.41. The van der Waals surface area contributed by atoms with Gasteiger partial charge in [0.2, 0.25) is 0 Å². The SMILES string of the molecule is CC(C)(C)NC(=O)c1ncn(-c2ccccc2C#N)c1C(F)(F)F. The first kappa shape index (κ1) is 17.5. The number of carbonyl (C=O) groups excluding carboxylic acids is 1. The summed E-state index contributed by atoms with van der Waals surface area (Å²) >= 11 is 0. The quantitative estimate of drug-likeness (QED) is 0.915. The highest BCUT2D eigenvalue weighted by molar-refractivity contribution is 5.94. The van der Waals surface area contributed by atoms with Gasteiger partial charge in [-0.15, -0.1) is 0 Å². The first-order valence-corrected chi connectivity index (χ1v) is 7.01. The van der Waals surface area contributed by atoms with Gasteiger partial charge in [0, 0.05) is 5.54 Å². The summed E-state index contributed by atoms with van der Waals surface area (Å²) in [5.41, 5.74) is -2.61. The van der Waals surface area contributed by atoms with Crippen LogP contribution in [0.1, 0.15) is 42.5 Å². The molecule has 0 aliphatic rings. The first-order chi connectivity index (χ1) is 11.0. The van der Waals surface area contributed by atoms with E-state index < -0.39 is 29.0 Å². The highest BCUT2D eigenvalue weighted by Crippen LogP contribution is 2.34. The zero-order valence-electron chi connectivity index (χ0n) is 13.3. The molecule has 1 aromatic carbocycles. The number of imidazole rings is 1. The molecule has 0 aliphatic heterocycles. The molecule has 0 saturated carbocycles. The largest absolute Gasteiger partial charge is 0.434 e. The van der Waals surface area contributed by atoms with E-state index in [1.165, 1.54) is 18.2 Å². The van der Waals surface area contributed by atoms with E-state index in [1.54, 1.807) is 26.8 Å². The van der Waals surface area contributed by atoms with E-state index in [9.17, 15) is 18.0 Å². The van der Waals surface area contributed by atoms with Gasteiger partial charge in [0.05, 0.1) is 11.3 Å². The molecule has 8 heteroatoms. The number of hydrogen-bond acceptors (Lipinski definition) is 3. The molecule has 0 saturated heterocycles. The molecule has 126 valence electrons. The van der Waals surface area contributed by atoms with Crippen molar-refractivity contribution < 1.29 is 18.0 Å². The molecule has 5 nitrogen and oxygen atoms in total. The summed E-state index contributed by atoms with van der Waals surface area (Å²) in [5, 5.41) is 11.6. The van der Waals surface area contributed by atoms with Crippen LogP contribution in [0.2, 0.25) is 0 Å². The summed E-state index contributed by atoms with van der Waals surface area (Å²) < 4.78 is 41.3. The second kappa shape index (κ2) is 6.00. The molecule has 1 N–H and O–H groups in total. The number of aromatic nitrogens is 2. The number of amides is 1. The third kappa shape index (κ3) is 3.56. The van der Waals surface area contributed by atoms with Crippen molar-refractivity contribution in [3.8, 4) is 11.8 Å². The minimum absolute atomic E-state index is 0.00892. The van der Waals surface area contributed by atoms with E-state index in [-0.39, 0.29) is 11.3 Å². The lowest BCUT2D eigenvalue weighted by atomic mass is 10.1. The lowest BCUT2D eigenvalue weighted by Crippen LogP contribution is -2.41. The fourth-order valence-electron chi connectivity index (χ4n) is 2.15. The maximum absolute atomic E-state index is 13.5. The Kier molecular flexibility index (Phi) is 4.38. The smallest absolute Gasteiger partial charge is 0.346 e. The number of alkyl halides is 3. The monoisotopic (exact) mass is 336 g/mol. The summed E-state index contributed by atoms with van der Waals surface area (Å²) in [6, 6.07) is 7.63. The number of nitrogens with zero attached hydrogens (tertiary/aromatic N) is 3. The summed E-state index contributed by atoms with van der Waals surface area (Å²) in [7, 11) is 0. The van der Waals surface area contributed by atoms with E-state index in [0.717, 1.165) is 10.9 Å². The molecule has 0 bridgehead atoms. The number of nitriles is 1. The Hall–Kier alpha value is -2.82. The van der Waals surface area contributed by atoms with Gasteiger partial charge in [-0.05, 0) is 32.9 Å². The van der Waals surface area contributed by atoms with Crippen LogP contribution in [-0.2, 0) is 6.18 Å². The predicted octanol–water partition coefficient (Wildman–Crippen LogP) is 3.29. The van der Waals surface area contributed by atoms with Crippen LogP contribution in [0.25, 0.3) is 5.69 Å². The standard InChI is InChI=1S/C16H15F3N4O/c1-15(2,3)22-14(24)12-13(16(17,18)19)23(9-21-12)11-7-5-4-6-10(11)8-20/h4-7,9H,1-3H3,(H,22,24). The van der Waals surface area contributed by atoms with Crippen LogP contribution in [0.15, 0.2) is 30.6 Å². The number of halogens is 3. The normalized spacial score (nSPS) is 11.9. The van der Waals surface area contributed by atoms with Crippen LogP contribution in [0.4, 0.5) is 13.2 Å². The van der Waals surface area contributed by atoms with Crippen LogP contribution in [-0.4, -0.2) is 21.0 Å². The molecule has 0 aliphatic carbocycles. The van der Waals surface area contributed by atoms with E-state index in [1.807, 2.05) is 6.07 Å². The van der Waals surface area contributed by atoms with Gasteiger partial charge in [-0.1, -0.05) is 12.1 Å². The molecule has 0 atom stereocenters. The molecular weight excluding hydrogens is 321 g/mol. The Morgan fingerprint density at radius 3 is 2.42 bits per heavy atom. The molecule has 0 spiro atoms. The molecule has 0 unspecified atom stereocenters. The van der Waals surface area contributed by atoms with Gasteiger partial charge < -0.3 is 5.32 Å². The van der Waals surface area contributed by atoms with Gasteiger partial charge in [0.15, 0.2) is 11.4 Å². The maximum atomic E-state index is 13.5. The van der Waals surface area contributed by atoms with Crippen molar-refractivity contribution in [3.63, 3.8) is 0 Å². The van der Waals surface area contributed by atoms with Gasteiger partial charge in [-0.3, -0.25) is 9.36 Å². The van der Waals surface area contributed by atoms with Gasteiger partial charge in [-0.2, -0.15) is 18.4 Å². The Morgan fingerprint density at radius 2 is 1.88 bits per heavy atom. The number of carbonyl (C=O) groups is 1. The molecule has 0 fully saturated rings. The molecule has 2 aromatic rings. The maximum Gasteiger partial charge on any atom is 0.434 e. The third-order valence-electron chi connectivity index (χ3n) is 3.02. The van der Waals surface area contributed by atoms with E-state index in [2.05, 4.69) is 10.3 Å². The number of rotatable bonds is 2. The van der Waals surface area contributed by atoms with Crippen molar-refractivity contribution in [3.05, 3.63) is 47.5 Å². The predicted molar refractivity (Wildman–Crippen MR) is 80.5 cm³/mol. The topological polar surface area (TPSA) is 70.7 Å². The van der Waals surface area contributed by atoms with Gasteiger partial charge in [0.1, 0.15) is 12.4 Å². The summed E-state index contributed by atoms with van der Waals surface area (Å²) in [6.45, 7) is 4.96. The molecule has 0 radical (unpaired) electrons. The van der Waals surface area contributed by atoms with Crippen LogP contribution < -0.4 is 5.32 Å². The molecule has 1 heterocycles. The van der Waals surface area contributed by atoms with Crippen molar-refractivity contribution in [1.29, 1.82) is 5.26 Å². The van der Waals surface area contributed by atoms with Gasteiger partial charge >= 0.3 is 6.18 Å². The molecule has 2 rings (SSSR count). The van der Waals surface area contributed by atoms with Gasteiger partial charge in [-0.25, -0.2) is 4.98 Å². The Balaban J connectivity index is 2.64. The van der Waals surface area contributed by atoms with Crippen LogP contribution in [0, 0.1) is 11.3 Å². The molecule has 1 aromatic heterocycles. The van der Waals surface area contributed by atoms with Crippen molar-refractivity contribution in [1.82, 2.24) is 14.9 Å². The van der Waals surface area contributed by atoms with Crippen LogP contribution >= 0.6 is 0 Å². The second-order valence-electron chi connectivity index (χ2n) is 6.14. The van der Waals surface area contributed by atoms with E-state index >= 15 is 0 Å². The van der Waals surface area contributed by atoms with E-state index in [4.69, 9.17) is 5.26 Å². The van der Waals surface area contributed by atoms with Crippen molar-refractivity contribution >= 4 is 5.91 Å². The first-order valence-electron chi connectivity index (χ1n) is 7.01. The minimum Gasteiger partial charge on any atom is -0.346 e. The number of nitrogens with one attached hydrogen (secondary N) is 1. The van der Waals surface area contributed by atoms with Crippen molar-refractivity contribution in [2.24, 2.45) is 0 Å². The fraction of sp³-hybridized carbons (Fsp3) is 0.312. The molecule has 1 amide bonds. The Bertz CT molecular complexity index is 810. The number of benzene rings is 1. The zero-order chi connectivity index (χ0) is 18.1. The zero-order valence-corrected chi connectivity index (χ0v) is 13.3. The average Bonchev–Trinajstić information content (AvgIpc) is 2.90. The summed E-state index contributed by atoms with van der Waals surface area (Å²) in [5.74, 6) is -0.928. The lowest BCUT2D eigenvalue weighted by Gasteiger charge is -2.20. The Labute approximate surface area is 136 Å². The second-order valence-corrected chi connectivity index (χ2v) is 6.14. The third-order valence-corrected chi connectivity index (χ3v) is 3.02. The summed E-state index contributed by atoms with van der Waals surface area (Å²) in [4.78, 5) is 15.8. The van der Waals surface area contributed by atoms with Crippen molar-refractivity contribution in [2.45, 2.75) is 32.5 Å². The highest BCUT2D eigenvalue weighted by atomic mass is 19.4. The molecule has 24 heavy (non-hydrogen) atoms. The van der Waals surface area contributed by atoms with Gasteiger partial charge in [0.25, 0.3) is 5.91 Å². The van der Waals surface area contributed by atoms with Crippen molar-refractivity contribution in [2.75, 3.05) is 0 Å². The minimum atomic E-state index is -4.82. The van der Waals surface area contributed by atoms with Crippen LogP contribution in [0.5, 0.6) is 0 Å². The molecular formula is C16H15F3N4O. The Morgan fingerprint density at radius 1 is 1.25 bits per heavy atom. The summed E-state index contributed by atoms with van der Waals surface area (Å²) in [6.07, 6.45) is -3.92.